The summed E-state index contributed by atoms with van der Waals surface area (Å²) in [6.45, 7) is 2.70. The van der Waals surface area contributed by atoms with Crippen LogP contribution in [0.4, 0.5) is 0 Å². The van der Waals surface area contributed by atoms with E-state index in [1.165, 1.54) is 0 Å². The van der Waals surface area contributed by atoms with Crippen molar-refractivity contribution in [3.05, 3.63) is 35.9 Å². The van der Waals surface area contributed by atoms with Gasteiger partial charge in [0.2, 0.25) is 5.91 Å². The number of carboxylic acids is 1. The van der Waals surface area contributed by atoms with Crippen molar-refractivity contribution in [2.75, 3.05) is 13.2 Å². The van der Waals surface area contributed by atoms with E-state index in [0.717, 1.165) is 25.0 Å². The molecule has 1 saturated heterocycles. The van der Waals surface area contributed by atoms with Crippen molar-refractivity contribution in [2.24, 2.45) is 0 Å². The Kier molecular flexibility index (Phi) is 6.55. The maximum atomic E-state index is 12.1. The summed E-state index contributed by atoms with van der Waals surface area (Å²) in [5.74, 6) is -1.49. The lowest BCUT2D eigenvalue weighted by molar-refractivity contribution is -0.144. The topological polar surface area (TPSA) is 84.9 Å². The lowest BCUT2D eigenvalue weighted by Crippen LogP contribution is -2.46. The van der Waals surface area contributed by atoms with Crippen LogP contribution in [0.2, 0.25) is 0 Å². The van der Waals surface area contributed by atoms with Gasteiger partial charge in [0.05, 0.1) is 12.7 Å². The van der Waals surface area contributed by atoms with Crippen molar-refractivity contribution >= 4 is 11.9 Å². The van der Waals surface area contributed by atoms with Gasteiger partial charge in [0, 0.05) is 13.0 Å². The van der Waals surface area contributed by atoms with Crippen LogP contribution in [0, 0.1) is 0 Å². The number of benzene rings is 1. The predicted octanol–water partition coefficient (Wildman–Crippen LogP) is 1.38. The number of hydrogen-bond acceptors (Lipinski definition) is 4. The minimum atomic E-state index is -1.06. The molecule has 6 nitrogen and oxygen atoms in total. The quantitative estimate of drug-likeness (QED) is 0.756. The number of carbonyl (C=O) groups excluding carboxylic acids is 1. The minimum absolute atomic E-state index is 0.0323. The van der Waals surface area contributed by atoms with E-state index in [9.17, 15) is 14.7 Å². The Morgan fingerprint density at radius 1 is 1.39 bits per heavy atom. The van der Waals surface area contributed by atoms with Crippen LogP contribution < -0.4 is 5.32 Å². The molecule has 23 heavy (non-hydrogen) atoms. The van der Waals surface area contributed by atoms with Crippen molar-refractivity contribution in [1.82, 2.24) is 5.32 Å². The Hall–Kier alpha value is -1.92. The molecule has 126 valence electrons. The average Bonchev–Trinajstić information content (AvgIpc) is 3.06. The van der Waals surface area contributed by atoms with E-state index in [1.807, 2.05) is 30.3 Å². The van der Waals surface area contributed by atoms with Crippen molar-refractivity contribution in [2.45, 2.75) is 44.4 Å². The summed E-state index contributed by atoms with van der Waals surface area (Å²) in [6, 6.07) is 8.23. The molecular formula is C17H23NO5. The summed E-state index contributed by atoms with van der Waals surface area (Å²) in [6.07, 6.45) is 1.49. The van der Waals surface area contributed by atoms with Gasteiger partial charge in [0.1, 0.15) is 12.1 Å². The lowest BCUT2D eigenvalue weighted by atomic mass is 10.1. The summed E-state index contributed by atoms with van der Waals surface area (Å²) in [5, 5.41) is 11.8. The standard InChI is InChI=1S/C17H23NO5/c1-12(23-11-14-8-5-9-22-14)16(19)18-15(17(20)21)10-13-6-3-2-4-7-13/h2-4,6-7,12,14-15H,5,8-11H2,1H3,(H,18,19)(H,20,21)/t12?,14?,15-/m1/s1. The van der Waals surface area contributed by atoms with Gasteiger partial charge in [-0.2, -0.15) is 0 Å². The molecule has 0 aromatic heterocycles. The Balaban J connectivity index is 1.83. The predicted molar refractivity (Wildman–Crippen MR) is 84.1 cm³/mol. The molecule has 2 rings (SSSR count). The second-order valence-electron chi connectivity index (χ2n) is 5.70. The molecule has 0 spiro atoms. The van der Waals surface area contributed by atoms with Crippen LogP contribution in [0.15, 0.2) is 30.3 Å². The summed E-state index contributed by atoms with van der Waals surface area (Å²) in [4.78, 5) is 23.5. The first-order valence-electron chi connectivity index (χ1n) is 7.86. The Morgan fingerprint density at radius 2 is 2.13 bits per heavy atom. The molecule has 1 aliphatic rings. The zero-order valence-corrected chi connectivity index (χ0v) is 13.2. The fourth-order valence-corrected chi connectivity index (χ4v) is 2.44. The third-order valence-electron chi connectivity index (χ3n) is 3.82. The second-order valence-corrected chi connectivity index (χ2v) is 5.70. The van der Waals surface area contributed by atoms with Gasteiger partial charge < -0.3 is 19.9 Å². The van der Waals surface area contributed by atoms with Crippen molar-refractivity contribution in [1.29, 1.82) is 0 Å². The molecule has 0 aliphatic carbocycles. The molecule has 1 amide bonds. The third kappa shape index (κ3) is 5.65. The molecule has 0 saturated carbocycles. The highest BCUT2D eigenvalue weighted by atomic mass is 16.5. The molecule has 2 N–H and O–H groups in total. The Bertz CT molecular complexity index is 513. The number of rotatable bonds is 8. The fraction of sp³-hybridized carbons (Fsp3) is 0.529. The van der Waals surface area contributed by atoms with Crippen LogP contribution in [0.3, 0.4) is 0 Å². The van der Waals surface area contributed by atoms with Gasteiger partial charge in [-0.05, 0) is 25.3 Å². The minimum Gasteiger partial charge on any atom is -0.480 e. The van der Waals surface area contributed by atoms with Crippen LogP contribution in [-0.2, 0) is 25.5 Å². The number of carboxylic acid groups (broad SMARTS) is 1. The van der Waals surface area contributed by atoms with E-state index in [4.69, 9.17) is 9.47 Å². The normalized spacial score (nSPS) is 20.0. The summed E-state index contributed by atoms with van der Waals surface area (Å²) < 4.78 is 10.9. The van der Waals surface area contributed by atoms with Crippen LogP contribution in [-0.4, -0.2) is 48.4 Å². The van der Waals surface area contributed by atoms with E-state index >= 15 is 0 Å². The Morgan fingerprint density at radius 3 is 2.74 bits per heavy atom. The highest BCUT2D eigenvalue weighted by Gasteiger charge is 2.25. The highest BCUT2D eigenvalue weighted by Crippen LogP contribution is 2.13. The molecule has 0 radical (unpaired) electrons. The van der Waals surface area contributed by atoms with E-state index in [1.54, 1.807) is 6.92 Å². The number of aliphatic carboxylic acids is 1. The first-order chi connectivity index (χ1) is 11.1. The third-order valence-corrected chi connectivity index (χ3v) is 3.82. The molecule has 1 aliphatic heterocycles. The van der Waals surface area contributed by atoms with E-state index in [0.29, 0.717) is 6.61 Å². The van der Waals surface area contributed by atoms with Crippen LogP contribution in [0.25, 0.3) is 0 Å². The number of hydrogen-bond donors (Lipinski definition) is 2. The maximum absolute atomic E-state index is 12.1. The smallest absolute Gasteiger partial charge is 0.326 e. The monoisotopic (exact) mass is 321 g/mol. The highest BCUT2D eigenvalue weighted by molar-refractivity contribution is 5.86. The molecule has 1 fully saturated rings. The van der Waals surface area contributed by atoms with Gasteiger partial charge in [-0.15, -0.1) is 0 Å². The van der Waals surface area contributed by atoms with Crippen LogP contribution in [0.1, 0.15) is 25.3 Å². The summed E-state index contributed by atoms with van der Waals surface area (Å²) in [5.41, 5.74) is 0.855. The van der Waals surface area contributed by atoms with Gasteiger partial charge in [-0.25, -0.2) is 4.79 Å². The zero-order chi connectivity index (χ0) is 16.7. The number of carbonyl (C=O) groups is 2. The van der Waals surface area contributed by atoms with E-state index < -0.39 is 24.0 Å². The molecule has 0 bridgehead atoms. The van der Waals surface area contributed by atoms with Crippen LogP contribution in [0.5, 0.6) is 0 Å². The van der Waals surface area contributed by atoms with Gasteiger partial charge in [-0.1, -0.05) is 30.3 Å². The zero-order valence-electron chi connectivity index (χ0n) is 13.2. The first-order valence-corrected chi connectivity index (χ1v) is 7.86. The fourth-order valence-electron chi connectivity index (χ4n) is 2.44. The molecule has 1 aromatic carbocycles. The van der Waals surface area contributed by atoms with Gasteiger partial charge >= 0.3 is 5.97 Å². The lowest BCUT2D eigenvalue weighted by Gasteiger charge is -2.19. The maximum Gasteiger partial charge on any atom is 0.326 e. The van der Waals surface area contributed by atoms with Crippen molar-refractivity contribution in [3.63, 3.8) is 0 Å². The summed E-state index contributed by atoms with van der Waals surface area (Å²) in [7, 11) is 0. The molecule has 1 heterocycles. The number of ether oxygens (including phenoxy) is 2. The van der Waals surface area contributed by atoms with Gasteiger partial charge in [-0.3, -0.25) is 4.79 Å². The van der Waals surface area contributed by atoms with E-state index in [2.05, 4.69) is 5.32 Å². The SMILES string of the molecule is CC(OCC1CCCO1)C(=O)N[C@H](Cc1ccccc1)C(=O)O. The largest absolute Gasteiger partial charge is 0.480 e. The molecular weight excluding hydrogens is 298 g/mol. The second kappa shape index (κ2) is 8.64. The van der Waals surface area contributed by atoms with Crippen LogP contribution >= 0.6 is 0 Å². The molecule has 1 aromatic rings. The molecule has 3 atom stereocenters. The van der Waals surface area contributed by atoms with Crippen molar-refractivity contribution < 1.29 is 24.2 Å². The Labute approximate surface area is 135 Å². The molecule has 6 heteroatoms. The number of amides is 1. The van der Waals surface area contributed by atoms with E-state index in [-0.39, 0.29) is 12.5 Å². The summed E-state index contributed by atoms with van der Waals surface area (Å²) >= 11 is 0. The van der Waals surface area contributed by atoms with Gasteiger partial charge in [0.25, 0.3) is 0 Å². The number of nitrogens with one attached hydrogen (secondary N) is 1. The molecule has 2 unspecified atom stereocenters. The average molecular weight is 321 g/mol. The van der Waals surface area contributed by atoms with Gasteiger partial charge in [0.15, 0.2) is 0 Å². The first kappa shape index (κ1) is 17.4. The van der Waals surface area contributed by atoms with Crippen molar-refractivity contribution in [3.8, 4) is 0 Å².